The molecule has 1 amide bonds. The van der Waals surface area contributed by atoms with Crippen molar-refractivity contribution in [1.29, 1.82) is 0 Å². The van der Waals surface area contributed by atoms with Gasteiger partial charge in [0.2, 0.25) is 11.9 Å². The number of nitrogen functional groups attached to an aromatic ring is 2. The van der Waals surface area contributed by atoms with Gasteiger partial charge in [0.1, 0.15) is 5.82 Å². The summed E-state index contributed by atoms with van der Waals surface area (Å²) < 4.78 is 0. The summed E-state index contributed by atoms with van der Waals surface area (Å²) in [4.78, 5) is 20.5. The van der Waals surface area contributed by atoms with Crippen molar-refractivity contribution in [2.75, 3.05) is 16.8 Å². The molecular weight excluding hydrogens is 362 g/mol. The third-order valence-corrected chi connectivity index (χ3v) is 4.69. The number of aromatic nitrogens is 2. The number of carbonyl (C=O) groups excluding carboxylic acids is 1. The Balaban J connectivity index is 1.59. The molecule has 1 aromatic heterocycles. The van der Waals surface area contributed by atoms with Gasteiger partial charge in [0.25, 0.3) is 0 Å². The number of nitrogens with two attached hydrogens (primary N) is 2. The highest BCUT2D eigenvalue weighted by molar-refractivity contribution is 6.39. The predicted octanol–water partition coefficient (Wildman–Crippen LogP) is 3.78. The average molecular weight is 378 g/mol. The SMILES string of the molecule is Nc1nc(N)c2c(Cl)c(NC(=O)Cc3ccc4ccccc4c3)ccc2n1. The zero-order chi connectivity index (χ0) is 19.0. The van der Waals surface area contributed by atoms with E-state index in [-0.39, 0.29) is 29.1 Å². The van der Waals surface area contributed by atoms with Gasteiger partial charge in [-0.1, -0.05) is 54.1 Å². The molecule has 0 aliphatic rings. The number of amides is 1. The monoisotopic (exact) mass is 377 g/mol. The number of rotatable bonds is 3. The first-order valence-corrected chi connectivity index (χ1v) is 8.68. The highest BCUT2D eigenvalue weighted by Crippen LogP contribution is 2.33. The van der Waals surface area contributed by atoms with Crippen molar-refractivity contribution in [2.24, 2.45) is 0 Å². The molecule has 7 heteroatoms. The van der Waals surface area contributed by atoms with Gasteiger partial charge in [-0.3, -0.25) is 4.79 Å². The third-order valence-electron chi connectivity index (χ3n) is 4.30. The van der Waals surface area contributed by atoms with Crippen LogP contribution in [0.15, 0.2) is 54.6 Å². The van der Waals surface area contributed by atoms with Crippen LogP contribution >= 0.6 is 11.6 Å². The van der Waals surface area contributed by atoms with E-state index in [4.69, 9.17) is 23.1 Å². The van der Waals surface area contributed by atoms with E-state index in [9.17, 15) is 4.79 Å². The van der Waals surface area contributed by atoms with E-state index in [2.05, 4.69) is 15.3 Å². The molecule has 0 saturated heterocycles. The summed E-state index contributed by atoms with van der Waals surface area (Å²) >= 11 is 6.41. The number of anilines is 3. The summed E-state index contributed by atoms with van der Waals surface area (Å²) in [7, 11) is 0. The van der Waals surface area contributed by atoms with E-state index in [1.165, 1.54) is 0 Å². The van der Waals surface area contributed by atoms with Crippen LogP contribution in [0.1, 0.15) is 5.56 Å². The maximum Gasteiger partial charge on any atom is 0.228 e. The van der Waals surface area contributed by atoms with Crippen LogP contribution in [0.5, 0.6) is 0 Å². The lowest BCUT2D eigenvalue weighted by Crippen LogP contribution is -2.15. The zero-order valence-electron chi connectivity index (χ0n) is 14.2. The number of halogens is 1. The molecule has 0 bridgehead atoms. The van der Waals surface area contributed by atoms with Crippen molar-refractivity contribution in [1.82, 2.24) is 9.97 Å². The minimum absolute atomic E-state index is 0.0733. The standard InChI is InChI=1S/C20H16ClN5O/c21-18-15(8-7-14-17(18)19(22)26-20(23)25-14)24-16(27)10-11-5-6-12-3-1-2-4-13(12)9-11/h1-9H,10H2,(H,24,27)(H4,22,23,25,26). The van der Waals surface area contributed by atoms with Gasteiger partial charge in [-0.05, 0) is 28.5 Å². The van der Waals surface area contributed by atoms with Crippen molar-refractivity contribution < 1.29 is 4.79 Å². The van der Waals surface area contributed by atoms with E-state index >= 15 is 0 Å². The molecular formula is C20H16ClN5O. The summed E-state index contributed by atoms with van der Waals surface area (Å²) in [5, 5.41) is 5.81. The number of fused-ring (bicyclic) bond motifs is 2. The zero-order valence-corrected chi connectivity index (χ0v) is 15.0. The van der Waals surface area contributed by atoms with Crippen molar-refractivity contribution in [3.8, 4) is 0 Å². The quantitative estimate of drug-likeness (QED) is 0.503. The number of nitrogens with one attached hydrogen (secondary N) is 1. The largest absolute Gasteiger partial charge is 0.383 e. The third kappa shape index (κ3) is 3.35. The predicted molar refractivity (Wildman–Crippen MR) is 110 cm³/mol. The number of nitrogens with zero attached hydrogens (tertiary/aromatic N) is 2. The summed E-state index contributed by atoms with van der Waals surface area (Å²) in [5.74, 6) is 0.0683. The molecule has 0 aliphatic heterocycles. The van der Waals surface area contributed by atoms with E-state index in [0.29, 0.717) is 16.6 Å². The minimum atomic E-state index is -0.179. The van der Waals surface area contributed by atoms with Crippen LogP contribution in [0.3, 0.4) is 0 Å². The smallest absolute Gasteiger partial charge is 0.228 e. The topological polar surface area (TPSA) is 107 Å². The van der Waals surface area contributed by atoms with Gasteiger partial charge < -0.3 is 16.8 Å². The Morgan fingerprint density at radius 3 is 2.59 bits per heavy atom. The summed E-state index contributed by atoms with van der Waals surface area (Å²) in [5.41, 5.74) is 13.4. The van der Waals surface area contributed by atoms with E-state index < -0.39 is 0 Å². The molecule has 3 aromatic carbocycles. The molecule has 0 radical (unpaired) electrons. The van der Waals surface area contributed by atoms with Crippen LogP contribution in [0, 0.1) is 0 Å². The Labute approximate surface area is 160 Å². The van der Waals surface area contributed by atoms with Gasteiger partial charge in [0.05, 0.1) is 28.0 Å². The summed E-state index contributed by atoms with van der Waals surface area (Å²) in [6.45, 7) is 0. The van der Waals surface area contributed by atoms with Gasteiger partial charge in [0.15, 0.2) is 0 Å². The lowest BCUT2D eigenvalue weighted by molar-refractivity contribution is -0.115. The number of hydrogen-bond donors (Lipinski definition) is 3. The first-order valence-electron chi connectivity index (χ1n) is 8.30. The van der Waals surface area contributed by atoms with E-state index in [1.54, 1.807) is 12.1 Å². The molecule has 4 rings (SSSR count). The van der Waals surface area contributed by atoms with E-state index in [0.717, 1.165) is 16.3 Å². The number of benzene rings is 3. The van der Waals surface area contributed by atoms with Crippen LogP contribution in [0.4, 0.5) is 17.5 Å². The molecule has 0 spiro atoms. The van der Waals surface area contributed by atoms with Gasteiger partial charge in [0, 0.05) is 0 Å². The Morgan fingerprint density at radius 2 is 1.78 bits per heavy atom. The molecule has 27 heavy (non-hydrogen) atoms. The fraction of sp³-hybridized carbons (Fsp3) is 0.0500. The Hall–Kier alpha value is -3.38. The molecule has 5 N–H and O–H groups in total. The van der Waals surface area contributed by atoms with Crippen molar-refractivity contribution >= 4 is 56.6 Å². The van der Waals surface area contributed by atoms with Gasteiger partial charge in [-0.15, -0.1) is 0 Å². The Kier molecular flexibility index (Phi) is 4.25. The van der Waals surface area contributed by atoms with Crippen LogP contribution in [-0.4, -0.2) is 15.9 Å². The van der Waals surface area contributed by atoms with Crippen molar-refractivity contribution in [2.45, 2.75) is 6.42 Å². The van der Waals surface area contributed by atoms with Crippen LogP contribution in [-0.2, 0) is 11.2 Å². The Morgan fingerprint density at radius 1 is 1.00 bits per heavy atom. The van der Waals surface area contributed by atoms with Gasteiger partial charge >= 0.3 is 0 Å². The van der Waals surface area contributed by atoms with Gasteiger partial charge in [-0.2, -0.15) is 4.98 Å². The van der Waals surface area contributed by atoms with Crippen LogP contribution in [0.2, 0.25) is 5.02 Å². The fourth-order valence-corrected chi connectivity index (χ4v) is 3.36. The second kappa shape index (κ2) is 6.74. The minimum Gasteiger partial charge on any atom is -0.383 e. The second-order valence-electron chi connectivity index (χ2n) is 6.19. The number of hydrogen-bond acceptors (Lipinski definition) is 5. The maximum atomic E-state index is 12.5. The highest BCUT2D eigenvalue weighted by Gasteiger charge is 2.14. The Bertz CT molecular complexity index is 1190. The average Bonchev–Trinajstić information content (AvgIpc) is 2.63. The molecule has 0 fully saturated rings. The molecule has 134 valence electrons. The molecule has 0 unspecified atom stereocenters. The van der Waals surface area contributed by atoms with Gasteiger partial charge in [-0.25, -0.2) is 4.98 Å². The second-order valence-corrected chi connectivity index (χ2v) is 6.57. The molecule has 0 aliphatic carbocycles. The maximum absolute atomic E-state index is 12.5. The lowest BCUT2D eigenvalue weighted by atomic mass is 10.0. The highest BCUT2D eigenvalue weighted by atomic mass is 35.5. The van der Waals surface area contributed by atoms with Crippen molar-refractivity contribution in [3.63, 3.8) is 0 Å². The lowest BCUT2D eigenvalue weighted by Gasteiger charge is -2.11. The summed E-state index contributed by atoms with van der Waals surface area (Å²) in [6, 6.07) is 17.3. The fourth-order valence-electron chi connectivity index (χ4n) is 3.06. The first-order chi connectivity index (χ1) is 13.0. The van der Waals surface area contributed by atoms with Crippen LogP contribution < -0.4 is 16.8 Å². The van der Waals surface area contributed by atoms with Crippen LogP contribution in [0.25, 0.3) is 21.7 Å². The molecule has 0 atom stereocenters. The first kappa shape index (κ1) is 17.1. The molecule has 6 nitrogen and oxygen atoms in total. The van der Waals surface area contributed by atoms with E-state index in [1.807, 2.05) is 42.5 Å². The molecule has 4 aromatic rings. The number of carbonyl (C=O) groups is 1. The molecule has 1 heterocycles. The summed E-state index contributed by atoms with van der Waals surface area (Å²) in [6.07, 6.45) is 0.229. The normalized spacial score (nSPS) is 11.0. The van der Waals surface area contributed by atoms with Crippen molar-refractivity contribution in [3.05, 3.63) is 65.2 Å². The molecule has 0 saturated carbocycles.